The van der Waals surface area contributed by atoms with Crippen molar-refractivity contribution in [1.29, 1.82) is 0 Å². The summed E-state index contributed by atoms with van der Waals surface area (Å²) >= 11 is 5.70. The number of nitrogens with zero attached hydrogens (tertiary/aromatic N) is 2. The molecule has 0 spiro atoms. The number of rotatable bonds is 1. The average Bonchev–Trinajstić information content (AvgIpc) is 2.75. The van der Waals surface area contributed by atoms with Crippen molar-refractivity contribution in [3.8, 4) is 0 Å². The van der Waals surface area contributed by atoms with E-state index in [1.54, 1.807) is 0 Å². The number of fused-ring (bicyclic) bond motifs is 1. The van der Waals surface area contributed by atoms with Crippen molar-refractivity contribution >= 4 is 11.6 Å². The van der Waals surface area contributed by atoms with Crippen LogP contribution in [0.15, 0.2) is 4.52 Å². The third-order valence-electron chi connectivity index (χ3n) is 4.31. The van der Waals surface area contributed by atoms with Crippen LogP contribution in [0.1, 0.15) is 56.8 Å². The van der Waals surface area contributed by atoms with Gasteiger partial charge in [0.05, 0.1) is 0 Å². The Labute approximate surface area is 101 Å². The van der Waals surface area contributed by atoms with Crippen LogP contribution in [0.4, 0.5) is 0 Å². The lowest BCUT2D eigenvalue weighted by atomic mass is 9.67. The van der Waals surface area contributed by atoms with Crippen LogP contribution in [0.3, 0.4) is 0 Å². The van der Waals surface area contributed by atoms with Gasteiger partial charge in [-0.15, -0.1) is 0 Å². The summed E-state index contributed by atoms with van der Waals surface area (Å²) in [5.74, 6) is 3.06. The van der Waals surface area contributed by atoms with Gasteiger partial charge in [-0.05, 0) is 47.9 Å². The molecule has 0 bridgehead atoms. The van der Waals surface area contributed by atoms with Gasteiger partial charge in [0.25, 0.3) is 5.28 Å². The molecule has 1 aromatic heterocycles. The van der Waals surface area contributed by atoms with Crippen LogP contribution < -0.4 is 0 Å². The third-order valence-corrected chi connectivity index (χ3v) is 4.46. The molecule has 3 rings (SSSR count). The van der Waals surface area contributed by atoms with E-state index >= 15 is 0 Å². The van der Waals surface area contributed by atoms with Gasteiger partial charge in [-0.1, -0.05) is 25.7 Å². The quantitative estimate of drug-likeness (QED) is 0.750. The zero-order valence-electron chi connectivity index (χ0n) is 9.36. The molecule has 2 aliphatic carbocycles. The SMILES string of the molecule is Clc1noc(C2CCC3CCCCC3C2)n1. The van der Waals surface area contributed by atoms with Crippen molar-refractivity contribution in [2.45, 2.75) is 50.9 Å². The lowest BCUT2D eigenvalue weighted by Gasteiger charge is -2.38. The van der Waals surface area contributed by atoms with E-state index in [1.807, 2.05) is 0 Å². The second-order valence-corrected chi connectivity index (χ2v) is 5.55. The third kappa shape index (κ3) is 1.97. The maximum absolute atomic E-state index is 5.70. The van der Waals surface area contributed by atoms with Gasteiger partial charge in [-0.2, -0.15) is 4.98 Å². The van der Waals surface area contributed by atoms with E-state index in [0.29, 0.717) is 5.92 Å². The first-order valence-corrected chi connectivity index (χ1v) is 6.70. The average molecular weight is 241 g/mol. The van der Waals surface area contributed by atoms with Gasteiger partial charge in [-0.25, -0.2) is 0 Å². The Morgan fingerprint density at radius 2 is 1.88 bits per heavy atom. The van der Waals surface area contributed by atoms with Gasteiger partial charge in [0.15, 0.2) is 0 Å². The summed E-state index contributed by atoms with van der Waals surface area (Å²) in [4.78, 5) is 4.16. The Morgan fingerprint density at radius 1 is 1.06 bits per heavy atom. The van der Waals surface area contributed by atoms with Gasteiger partial charge in [0, 0.05) is 5.92 Å². The Kier molecular flexibility index (Phi) is 2.88. The van der Waals surface area contributed by atoms with E-state index in [4.69, 9.17) is 16.1 Å². The van der Waals surface area contributed by atoms with Gasteiger partial charge in [0.2, 0.25) is 5.89 Å². The molecule has 1 aromatic rings. The van der Waals surface area contributed by atoms with E-state index in [9.17, 15) is 0 Å². The minimum absolute atomic E-state index is 0.251. The molecule has 3 atom stereocenters. The second kappa shape index (κ2) is 4.36. The summed E-state index contributed by atoms with van der Waals surface area (Å²) in [6.45, 7) is 0. The van der Waals surface area contributed by atoms with E-state index < -0.39 is 0 Å². The van der Waals surface area contributed by atoms with Crippen molar-refractivity contribution in [2.75, 3.05) is 0 Å². The maximum atomic E-state index is 5.70. The molecular weight excluding hydrogens is 224 g/mol. The highest BCUT2D eigenvalue weighted by Gasteiger charge is 2.34. The minimum atomic E-state index is 0.251. The highest BCUT2D eigenvalue weighted by molar-refractivity contribution is 6.28. The van der Waals surface area contributed by atoms with Crippen molar-refractivity contribution in [3.05, 3.63) is 11.2 Å². The van der Waals surface area contributed by atoms with E-state index in [1.165, 1.54) is 44.9 Å². The van der Waals surface area contributed by atoms with E-state index in [2.05, 4.69) is 10.1 Å². The molecule has 1 heterocycles. The van der Waals surface area contributed by atoms with Crippen LogP contribution in [0.2, 0.25) is 5.28 Å². The number of hydrogen-bond acceptors (Lipinski definition) is 3. The first-order chi connectivity index (χ1) is 7.83. The molecule has 0 N–H and O–H groups in total. The van der Waals surface area contributed by atoms with Gasteiger partial charge in [-0.3, -0.25) is 0 Å². The minimum Gasteiger partial charge on any atom is -0.338 e. The number of halogens is 1. The Bertz CT molecular complexity index is 366. The summed E-state index contributed by atoms with van der Waals surface area (Å²) < 4.78 is 5.19. The predicted octanol–water partition coefficient (Wildman–Crippen LogP) is 3.80. The molecule has 2 saturated carbocycles. The van der Waals surface area contributed by atoms with Crippen molar-refractivity contribution < 1.29 is 4.52 Å². The molecule has 3 unspecified atom stereocenters. The zero-order chi connectivity index (χ0) is 11.0. The smallest absolute Gasteiger partial charge is 0.263 e. The topological polar surface area (TPSA) is 38.9 Å². The zero-order valence-corrected chi connectivity index (χ0v) is 10.1. The van der Waals surface area contributed by atoms with Crippen molar-refractivity contribution in [1.82, 2.24) is 10.1 Å². The summed E-state index contributed by atoms with van der Waals surface area (Å²) in [5, 5.41) is 3.93. The first-order valence-electron chi connectivity index (χ1n) is 6.32. The molecular formula is C12H17ClN2O. The molecule has 3 nitrogen and oxygen atoms in total. The Balaban J connectivity index is 1.70. The van der Waals surface area contributed by atoms with Gasteiger partial charge in [0.1, 0.15) is 0 Å². The van der Waals surface area contributed by atoms with E-state index in [-0.39, 0.29) is 5.28 Å². The Hall–Kier alpha value is -0.570. The fourth-order valence-corrected chi connectivity index (χ4v) is 3.60. The highest BCUT2D eigenvalue weighted by atomic mass is 35.5. The lowest BCUT2D eigenvalue weighted by Crippen LogP contribution is -2.26. The molecule has 16 heavy (non-hydrogen) atoms. The summed E-state index contributed by atoms with van der Waals surface area (Å²) in [6.07, 6.45) is 9.40. The summed E-state index contributed by atoms with van der Waals surface area (Å²) in [7, 11) is 0. The Morgan fingerprint density at radius 3 is 2.62 bits per heavy atom. The summed E-state index contributed by atoms with van der Waals surface area (Å²) in [5.41, 5.74) is 0. The van der Waals surface area contributed by atoms with Crippen LogP contribution in [-0.4, -0.2) is 10.1 Å². The summed E-state index contributed by atoms with van der Waals surface area (Å²) in [6, 6.07) is 0. The lowest BCUT2D eigenvalue weighted by molar-refractivity contribution is 0.142. The number of hydrogen-bond donors (Lipinski definition) is 0. The predicted molar refractivity (Wildman–Crippen MR) is 61.3 cm³/mol. The fourth-order valence-electron chi connectivity index (χ4n) is 3.48. The highest BCUT2D eigenvalue weighted by Crippen LogP contribution is 2.45. The normalized spacial score (nSPS) is 34.7. The monoisotopic (exact) mass is 240 g/mol. The van der Waals surface area contributed by atoms with Gasteiger partial charge < -0.3 is 4.52 Å². The molecule has 4 heteroatoms. The molecule has 2 fully saturated rings. The van der Waals surface area contributed by atoms with E-state index in [0.717, 1.165) is 17.7 Å². The fraction of sp³-hybridized carbons (Fsp3) is 0.833. The van der Waals surface area contributed by atoms with Crippen LogP contribution in [0, 0.1) is 11.8 Å². The molecule has 88 valence electrons. The van der Waals surface area contributed by atoms with Crippen molar-refractivity contribution in [3.63, 3.8) is 0 Å². The molecule has 0 saturated heterocycles. The number of aromatic nitrogens is 2. The van der Waals surface area contributed by atoms with Gasteiger partial charge >= 0.3 is 0 Å². The molecule has 2 aliphatic rings. The standard InChI is InChI=1S/C12H17ClN2O/c13-12-14-11(16-15-12)10-6-5-8-3-1-2-4-9(8)7-10/h8-10H,1-7H2. The van der Waals surface area contributed by atoms with Crippen LogP contribution in [0.25, 0.3) is 0 Å². The van der Waals surface area contributed by atoms with Crippen LogP contribution >= 0.6 is 11.6 Å². The second-order valence-electron chi connectivity index (χ2n) is 5.22. The first kappa shape index (κ1) is 10.6. The van der Waals surface area contributed by atoms with Crippen molar-refractivity contribution in [2.24, 2.45) is 11.8 Å². The molecule has 0 aliphatic heterocycles. The maximum Gasteiger partial charge on any atom is 0.263 e. The molecule has 0 amide bonds. The van der Waals surface area contributed by atoms with Crippen LogP contribution in [-0.2, 0) is 0 Å². The largest absolute Gasteiger partial charge is 0.338 e. The molecule has 0 radical (unpaired) electrons. The van der Waals surface area contributed by atoms with Crippen LogP contribution in [0.5, 0.6) is 0 Å². The molecule has 0 aromatic carbocycles.